The largest absolute Gasteiger partial charge is 0.351 e. The van der Waals surface area contributed by atoms with Gasteiger partial charge in [0.05, 0.1) is 23.1 Å². The Balaban J connectivity index is 0.00000242. The summed E-state index contributed by atoms with van der Waals surface area (Å²) in [5.41, 5.74) is 9.10. The second-order valence-corrected chi connectivity index (χ2v) is 5.39. The first-order valence-electron chi connectivity index (χ1n) is 7.17. The van der Waals surface area contributed by atoms with E-state index in [4.69, 9.17) is 5.73 Å². The van der Waals surface area contributed by atoms with Gasteiger partial charge in [0.2, 0.25) is 0 Å². The molecule has 0 atom stereocenters. The minimum atomic E-state index is -0.123. The number of carbonyl (C=O) groups excluding carboxylic acids is 1. The third kappa shape index (κ3) is 3.87. The highest BCUT2D eigenvalue weighted by Gasteiger charge is 2.20. The maximum Gasteiger partial charge on any atom is 0.254 e. The van der Waals surface area contributed by atoms with Crippen LogP contribution in [0, 0.1) is 6.92 Å². The molecular formula is C16H23ClN4O. The minimum Gasteiger partial charge on any atom is -0.351 e. The number of carbonyl (C=O) groups is 1. The number of rotatable bonds is 5. The van der Waals surface area contributed by atoms with Crippen LogP contribution in [0.1, 0.15) is 41.4 Å². The Morgan fingerprint density at radius 2 is 1.95 bits per heavy atom. The van der Waals surface area contributed by atoms with Crippen molar-refractivity contribution in [3.8, 4) is 5.69 Å². The molecule has 0 radical (unpaired) electrons. The lowest BCUT2D eigenvalue weighted by Crippen LogP contribution is -2.29. The molecule has 22 heavy (non-hydrogen) atoms. The second-order valence-electron chi connectivity index (χ2n) is 5.39. The topological polar surface area (TPSA) is 72.9 Å². The van der Waals surface area contributed by atoms with E-state index in [-0.39, 0.29) is 24.2 Å². The van der Waals surface area contributed by atoms with Crippen LogP contribution >= 0.6 is 12.4 Å². The van der Waals surface area contributed by atoms with E-state index in [1.54, 1.807) is 6.20 Å². The highest BCUT2D eigenvalue weighted by Crippen LogP contribution is 2.23. The van der Waals surface area contributed by atoms with Gasteiger partial charge in [0.1, 0.15) is 0 Å². The number of amides is 1. The molecule has 1 aromatic carbocycles. The summed E-state index contributed by atoms with van der Waals surface area (Å²) in [7, 11) is 0. The summed E-state index contributed by atoms with van der Waals surface area (Å²) in [5, 5.41) is 7.19. The number of nitrogens with two attached hydrogens (primary N) is 1. The molecule has 0 unspecified atom stereocenters. The molecule has 2 aromatic rings. The van der Waals surface area contributed by atoms with Crippen LogP contribution in [0.5, 0.6) is 0 Å². The maximum absolute atomic E-state index is 12.2. The lowest BCUT2D eigenvalue weighted by Gasteiger charge is -2.13. The van der Waals surface area contributed by atoms with Gasteiger partial charge in [-0.1, -0.05) is 31.5 Å². The lowest BCUT2D eigenvalue weighted by molar-refractivity contribution is 0.0953. The summed E-state index contributed by atoms with van der Waals surface area (Å²) < 4.78 is 1.83. The molecular weight excluding hydrogens is 300 g/mol. The Labute approximate surface area is 137 Å². The zero-order chi connectivity index (χ0) is 15.4. The van der Waals surface area contributed by atoms with Gasteiger partial charge in [-0.25, -0.2) is 4.68 Å². The van der Waals surface area contributed by atoms with Crippen LogP contribution in [0.15, 0.2) is 30.5 Å². The fourth-order valence-corrected chi connectivity index (χ4v) is 2.26. The molecule has 0 aliphatic heterocycles. The summed E-state index contributed by atoms with van der Waals surface area (Å²) in [4.78, 5) is 12.2. The summed E-state index contributed by atoms with van der Waals surface area (Å²) in [6, 6.07) is 8.09. The van der Waals surface area contributed by atoms with Crippen molar-refractivity contribution >= 4 is 18.3 Å². The van der Waals surface area contributed by atoms with Gasteiger partial charge in [-0.3, -0.25) is 4.79 Å². The Kier molecular flexibility index (Phi) is 6.59. The monoisotopic (exact) mass is 322 g/mol. The molecule has 0 saturated heterocycles. The van der Waals surface area contributed by atoms with Crippen LogP contribution in [0.2, 0.25) is 0 Å². The van der Waals surface area contributed by atoms with E-state index in [1.165, 1.54) is 5.56 Å². The highest BCUT2D eigenvalue weighted by molar-refractivity contribution is 5.95. The highest BCUT2D eigenvalue weighted by atomic mass is 35.5. The summed E-state index contributed by atoms with van der Waals surface area (Å²) in [6.45, 7) is 7.05. The Bertz CT molecular complexity index is 620. The maximum atomic E-state index is 12.2. The van der Waals surface area contributed by atoms with E-state index in [9.17, 15) is 4.79 Å². The van der Waals surface area contributed by atoms with E-state index in [0.717, 1.165) is 11.4 Å². The Hall–Kier alpha value is -1.85. The van der Waals surface area contributed by atoms with Crippen molar-refractivity contribution in [2.24, 2.45) is 5.73 Å². The average Bonchev–Trinajstić information content (AvgIpc) is 2.90. The molecule has 0 spiro atoms. The van der Waals surface area contributed by atoms with Gasteiger partial charge >= 0.3 is 0 Å². The predicted molar refractivity (Wildman–Crippen MR) is 91.0 cm³/mol. The van der Waals surface area contributed by atoms with Gasteiger partial charge in [0.15, 0.2) is 0 Å². The van der Waals surface area contributed by atoms with Crippen molar-refractivity contribution < 1.29 is 4.79 Å². The van der Waals surface area contributed by atoms with E-state index in [1.807, 2.05) is 35.9 Å². The number of halogens is 1. The van der Waals surface area contributed by atoms with E-state index < -0.39 is 0 Å². The molecule has 1 aromatic heterocycles. The normalized spacial score (nSPS) is 10.4. The second kappa shape index (κ2) is 7.96. The van der Waals surface area contributed by atoms with Gasteiger partial charge in [0.25, 0.3) is 5.91 Å². The number of nitrogens with zero attached hydrogens (tertiary/aromatic N) is 2. The fourth-order valence-electron chi connectivity index (χ4n) is 2.26. The minimum absolute atomic E-state index is 0. The third-order valence-corrected chi connectivity index (χ3v) is 3.31. The number of hydrogen-bond acceptors (Lipinski definition) is 3. The number of nitrogens with one attached hydrogen (secondary N) is 1. The summed E-state index contributed by atoms with van der Waals surface area (Å²) in [6.07, 6.45) is 1.63. The standard InChI is InChI=1S/C16H22N4O.ClH/c1-11(2)15-14(16(21)18-9-8-17)10-19-20(15)13-6-4-12(3)5-7-13;/h4-7,10-11H,8-9,17H2,1-3H3,(H,18,21);1H. The molecule has 2 rings (SSSR count). The van der Waals surface area contributed by atoms with Crippen LogP contribution in [-0.4, -0.2) is 28.8 Å². The fraction of sp³-hybridized carbons (Fsp3) is 0.375. The van der Waals surface area contributed by atoms with Crippen molar-refractivity contribution in [1.29, 1.82) is 0 Å². The molecule has 0 bridgehead atoms. The zero-order valence-electron chi connectivity index (χ0n) is 13.2. The summed E-state index contributed by atoms with van der Waals surface area (Å²) >= 11 is 0. The molecule has 1 amide bonds. The first kappa shape index (κ1) is 18.2. The van der Waals surface area contributed by atoms with E-state index in [0.29, 0.717) is 18.7 Å². The van der Waals surface area contributed by atoms with Crippen LogP contribution < -0.4 is 11.1 Å². The molecule has 0 saturated carbocycles. The Morgan fingerprint density at radius 1 is 1.32 bits per heavy atom. The predicted octanol–water partition coefficient (Wildman–Crippen LogP) is 2.41. The third-order valence-electron chi connectivity index (χ3n) is 3.31. The molecule has 0 aliphatic carbocycles. The van der Waals surface area contributed by atoms with Gasteiger partial charge in [0, 0.05) is 13.1 Å². The first-order valence-corrected chi connectivity index (χ1v) is 7.17. The van der Waals surface area contributed by atoms with Crippen molar-refractivity contribution in [2.45, 2.75) is 26.7 Å². The molecule has 6 heteroatoms. The quantitative estimate of drug-likeness (QED) is 0.888. The molecule has 0 aliphatic rings. The number of aryl methyl sites for hydroxylation is 1. The molecule has 0 fully saturated rings. The van der Waals surface area contributed by atoms with Crippen LogP contribution in [-0.2, 0) is 0 Å². The van der Waals surface area contributed by atoms with Gasteiger partial charge in [-0.15, -0.1) is 12.4 Å². The smallest absolute Gasteiger partial charge is 0.254 e. The SMILES string of the molecule is Cc1ccc(-n2ncc(C(=O)NCCN)c2C(C)C)cc1.Cl. The lowest BCUT2D eigenvalue weighted by atomic mass is 10.0. The van der Waals surface area contributed by atoms with Gasteiger partial charge in [-0.05, 0) is 25.0 Å². The van der Waals surface area contributed by atoms with Crippen molar-refractivity contribution in [1.82, 2.24) is 15.1 Å². The van der Waals surface area contributed by atoms with Crippen LogP contribution in [0.3, 0.4) is 0 Å². The molecule has 5 nitrogen and oxygen atoms in total. The van der Waals surface area contributed by atoms with Crippen molar-refractivity contribution in [3.63, 3.8) is 0 Å². The summed E-state index contributed by atoms with van der Waals surface area (Å²) in [5.74, 6) is 0.0648. The van der Waals surface area contributed by atoms with Crippen molar-refractivity contribution in [3.05, 3.63) is 47.3 Å². The van der Waals surface area contributed by atoms with E-state index >= 15 is 0 Å². The molecule has 120 valence electrons. The molecule has 1 heterocycles. The Morgan fingerprint density at radius 3 is 2.50 bits per heavy atom. The number of aromatic nitrogens is 2. The zero-order valence-corrected chi connectivity index (χ0v) is 14.0. The van der Waals surface area contributed by atoms with Crippen molar-refractivity contribution in [2.75, 3.05) is 13.1 Å². The number of hydrogen-bond donors (Lipinski definition) is 2. The molecule has 3 N–H and O–H groups in total. The van der Waals surface area contributed by atoms with Crippen LogP contribution in [0.4, 0.5) is 0 Å². The van der Waals surface area contributed by atoms with Gasteiger partial charge < -0.3 is 11.1 Å². The first-order chi connectivity index (χ1) is 10.0. The van der Waals surface area contributed by atoms with E-state index in [2.05, 4.69) is 24.3 Å². The average molecular weight is 323 g/mol. The van der Waals surface area contributed by atoms with Crippen LogP contribution in [0.25, 0.3) is 5.69 Å². The number of benzene rings is 1. The van der Waals surface area contributed by atoms with Gasteiger partial charge in [-0.2, -0.15) is 5.10 Å².